The van der Waals surface area contributed by atoms with Crippen LogP contribution in [0.15, 0.2) is 24.3 Å². The van der Waals surface area contributed by atoms with Crippen LogP contribution in [0.2, 0.25) is 0 Å². The van der Waals surface area contributed by atoms with Gasteiger partial charge in [0.1, 0.15) is 0 Å². The Hall–Kier alpha value is -0.135. The summed E-state index contributed by atoms with van der Waals surface area (Å²) in [6, 6.07) is 8.26. The van der Waals surface area contributed by atoms with Crippen molar-refractivity contribution in [2.75, 3.05) is 0 Å². The standard InChI is InChI=1S/C9H11BCl2/c1-2-8-5-3-4-6-9(8)7-10(11)12/h3-6H,2,7H2,1H3. The quantitative estimate of drug-likeness (QED) is 0.658. The Labute approximate surface area is 83.8 Å². The molecule has 3 heteroatoms. The molecule has 0 nitrogen and oxygen atoms in total. The van der Waals surface area contributed by atoms with Crippen LogP contribution in [-0.4, -0.2) is 5.54 Å². The molecule has 64 valence electrons. The van der Waals surface area contributed by atoms with Crippen molar-refractivity contribution in [3.8, 4) is 0 Å². The predicted octanol–water partition coefficient (Wildman–Crippen LogP) is 3.30. The molecule has 0 unspecified atom stereocenters. The van der Waals surface area contributed by atoms with E-state index in [1.807, 2.05) is 12.1 Å². The van der Waals surface area contributed by atoms with Crippen molar-refractivity contribution in [3.05, 3.63) is 35.4 Å². The summed E-state index contributed by atoms with van der Waals surface area (Å²) in [5.74, 6) is 0. The third-order valence-electron chi connectivity index (χ3n) is 1.87. The zero-order valence-electron chi connectivity index (χ0n) is 7.06. The minimum Gasteiger partial charge on any atom is -0.171 e. The molecule has 0 fully saturated rings. The van der Waals surface area contributed by atoms with Gasteiger partial charge in [0.2, 0.25) is 0 Å². The summed E-state index contributed by atoms with van der Waals surface area (Å²) < 4.78 is 0. The number of rotatable bonds is 3. The molecule has 0 atom stereocenters. The van der Waals surface area contributed by atoms with Gasteiger partial charge in [0.25, 0.3) is 0 Å². The van der Waals surface area contributed by atoms with Gasteiger partial charge < -0.3 is 0 Å². The molecule has 0 N–H and O–H groups in total. The number of hydrogen-bond acceptors (Lipinski definition) is 0. The van der Waals surface area contributed by atoms with Crippen LogP contribution in [0.4, 0.5) is 0 Å². The maximum Gasteiger partial charge on any atom is 0.355 e. The topological polar surface area (TPSA) is 0 Å². The van der Waals surface area contributed by atoms with Gasteiger partial charge in [-0.25, -0.2) is 0 Å². The minimum absolute atomic E-state index is 0.294. The summed E-state index contributed by atoms with van der Waals surface area (Å²) in [5.41, 5.74) is 2.30. The summed E-state index contributed by atoms with van der Waals surface area (Å²) in [6.45, 7) is 2.14. The highest BCUT2D eigenvalue weighted by molar-refractivity contribution is 7.33. The lowest BCUT2D eigenvalue weighted by atomic mass is 9.90. The van der Waals surface area contributed by atoms with E-state index in [1.165, 1.54) is 11.1 Å². The minimum atomic E-state index is -0.294. The first-order valence-corrected chi connectivity index (χ1v) is 4.96. The van der Waals surface area contributed by atoms with Crippen molar-refractivity contribution in [2.45, 2.75) is 19.7 Å². The molecule has 12 heavy (non-hydrogen) atoms. The number of hydrogen-bond donors (Lipinski definition) is 0. The fourth-order valence-electron chi connectivity index (χ4n) is 1.27. The van der Waals surface area contributed by atoms with E-state index < -0.39 is 0 Å². The average molecular weight is 201 g/mol. The fourth-order valence-corrected chi connectivity index (χ4v) is 1.60. The van der Waals surface area contributed by atoms with E-state index in [0.717, 1.165) is 12.7 Å². The lowest BCUT2D eigenvalue weighted by Crippen LogP contribution is -2.02. The van der Waals surface area contributed by atoms with Crippen LogP contribution in [-0.2, 0) is 12.7 Å². The molecule has 1 aromatic carbocycles. The lowest BCUT2D eigenvalue weighted by molar-refractivity contribution is 1.10. The van der Waals surface area contributed by atoms with Crippen LogP contribution in [0.3, 0.4) is 0 Å². The van der Waals surface area contributed by atoms with Gasteiger partial charge in [-0.05, 0) is 23.9 Å². The van der Waals surface area contributed by atoms with Gasteiger partial charge >= 0.3 is 5.54 Å². The molecule has 0 aliphatic rings. The van der Waals surface area contributed by atoms with Crippen LogP contribution in [0.25, 0.3) is 0 Å². The van der Waals surface area contributed by atoms with E-state index in [4.69, 9.17) is 22.9 Å². The molecule has 0 saturated heterocycles. The van der Waals surface area contributed by atoms with E-state index in [0.29, 0.717) is 0 Å². The Morgan fingerprint density at radius 3 is 2.25 bits per heavy atom. The van der Waals surface area contributed by atoms with Crippen molar-refractivity contribution in [1.29, 1.82) is 0 Å². The Balaban J connectivity index is 2.82. The van der Waals surface area contributed by atoms with Gasteiger partial charge in [0, 0.05) is 0 Å². The van der Waals surface area contributed by atoms with Crippen LogP contribution in [0.1, 0.15) is 18.1 Å². The summed E-state index contributed by atoms with van der Waals surface area (Å²) >= 11 is 11.4. The molecule has 0 radical (unpaired) electrons. The average Bonchev–Trinajstić information content (AvgIpc) is 2.04. The number of halogens is 2. The second-order valence-electron chi connectivity index (χ2n) is 2.72. The highest BCUT2D eigenvalue weighted by Gasteiger charge is 2.08. The molecular formula is C9H11BCl2. The first-order valence-electron chi connectivity index (χ1n) is 4.09. The fraction of sp³-hybridized carbons (Fsp3) is 0.333. The highest BCUT2D eigenvalue weighted by atomic mass is 35.5. The molecule has 1 rings (SSSR count). The van der Waals surface area contributed by atoms with Crippen molar-refractivity contribution in [2.24, 2.45) is 0 Å². The summed E-state index contributed by atoms with van der Waals surface area (Å²) in [4.78, 5) is 0. The van der Waals surface area contributed by atoms with Gasteiger partial charge in [-0.15, -0.1) is 0 Å². The first kappa shape index (κ1) is 9.95. The van der Waals surface area contributed by atoms with E-state index in [-0.39, 0.29) is 5.54 Å². The molecule has 0 spiro atoms. The zero-order chi connectivity index (χ0) is 8.97. The molecule has 0 aliphatic carbocycles. The van der Waals surface area contributed by atoms with Crippen molar-refractivity contribution in [3.63, 3.8) is 0 Å². The molecule has 0 saturated carbocycles. The second kappa shape index (κ2) is 4.79. The monoisotopic (exact) mass is 200 g/mol. The number of aryl methyl sites for hydroxylation is 1. The zero-order valence-corrected chi connectivity index (χ0v) is 8.57. The largest absolute Gasteiger partial charge is 0.355 e. The van der Waals surface area contributed by atoms with Crippen molar-refractivity contribution < 1.29 is 0 Å². The molecule has 0 aliphatic heterocycles. The molecular weight excluding hydrogens is 190 g/mol. The third-order valence-corrected chi connectivity index (χ3v) is 2.18. The van der Waals surface area contributed by atoms with Gasteiger partial charge in [0.15, 0.2) is 0 Å². The maximum absolute atomic E-state index is 5.71. The van der Waals surface area contributed by atoms with Crippen LogP contribution in [0, 0.1) is 0 Å². The lowest BCUT2D eigenvalue weighted by Gasteiger charge is -2.05. The van der Waals surface area contributed by atoms with E-state index in [1.54, 1.807) is 0 Å². The van der Waals surface area contributed by atoms with Crippen molar-refractivity contribution in [1.82, 2.24) is 0 Å². The molecule has 1 aromatic rings. The Morgan fingerprint density at radius 1 is 1.17 bits per heavy atom. The Bertz CT molecular complexity index is 248. The first-order chi connectivity index (χ1) is 5.74. The molecule has 0 heterocycles. The third kappa shape index (κ3) is 2.73. The smallest absolute Gasteiger partial charge is 0.171 e. The van der Waals surface area contributed by atoms with Crippen LogP contribution in [0.5, 0.6) is 0 Å². The van der Waals surface area contributed by atoms with Gasteiger partial charge in [-0.1, -0.05) is 31.2 Å². The van der Waals surface area contributed by atoms with Crippen LogP contribution < -0.4 is 0 Å². The maximum atomic E-state index is 5.71. The van der Waals surface area contributed by atoms with Crippen molar-refractivity contribution >= 4 is 28.5 Å². The number of benzene rings is 1. The summed E-state index contributed by atoms with van der Waals surface area (Å²) in [7, 11) is 0. The Kier molecular flexibility index (Phi) is 3.97. The molecule has 0 amide bonds. The van der Waals surface area contributed by atoms with Gasteiger partial charge in [0.05, 0.1) is 0 Å². The van der Waals surface area contributed by atoms with E-state index in [2.05, 4.69) is 19.1 Å². The Morgan fingerprint density at radius 2 is 1.75 bits per heavy atom. The highest BCUT2D eigenvalue weighted by Crippen LogP contribution is 2.13. The second-order valence-corrected chi connectivity index (χ2v) is 3.99. The molecule has 0 aromatic heterocycles. The van der Waals surface area contributed by atoms with Gasteiger partial charge in [-0.3, -0.25) is 0 Å². The van der Waals surface area contributed by atoms with E-state index in [9.17, 15) is 0 Å². The normalized spacial score (nSPS) is 9.92. The van der Waals surface area contributed by atoms with Gasteiger partial charge in [-0.2, -0.15) is 22.9 Å². The molecule has 0 bridgehead atoms. The summed E-state index contributed by atoms with van der Waals surface area (Å²) in [5, 5.41) is 0. The summed E-state index contributed by atoms with van der Waals surface area (Å²) in [6.07, 6.45) is 1.78. The predicted molar refractivity (Wildman–Crippen MR) is 57.0 cm³/mol. The van der Waals surface area contributed by atoms with E-state index >= 15 is 0 Å². The SMILES string of the molecule is CCc1ccccc1CB(Cl)Cl. The van der Waals surface area contributed by atoms with Crippen LogP contribution >= 0.6 is 22.9 Å².